The summed E-state index contributed by atoms with van der Waals surface area (Å²) in [5.74, 6) is 0.138. The third-order valence-corrected chi connectivity index (χ3v) is 5.60. The number of amidine groups is 1. The lowest BCUT2D eigenvalue weighted by molar-refractivity contribution is 0.454. The molecule has 2 rings (SSSR count). The molecule has 0 fully saturated rings. The van der Waals surface area contributed by atoms with Gasteiger partial charge >= 0.3 is 0 Å². The predicted molar refractivity (Wildman–Crippen MR) is 131 cm³/mol. The van der Waals surface area contributed by atoms with E-state index in [-0.39, 0.29) is 23.7 Å². The number of nitrogens with zero attached hydrogens (tertiary/aromatic N) is 1. The van der Waals surface area contributed by atoms with Gasteiger partial charge in [-0.2, -0.15) is 0 Å². The number of aryl methyl sites for hydroxylation is 2. The van der Waals surface area contributed by atoms with Crippen LogP contribution in [0.1, 0.15) is 55.5 Å². The topological polar surface area (TPSA) is 110 Å². The number of rotatable bonds is 8. The number of aromatic amines is 1. The Morgan fingerprint density at radius 2 is 2.10 bits per heavy atom. The highest BCUT2D eigenvalue weighted by Gasteiger charge is 2.19. The van der Waals surface area contributed by atoms with E-state index in [4.69, 9.17) is 11.1 Å². The van der Waals surface area contributed by atoms with Crippen LogP contribution in [0.3, 0.4) is 0 Å². The Kier molecular flexibility index (Phi) is 8.39. The third-order valence-electron chi connectivity index (χ3n) is 5.60. The Balaban J connectivity index is 2.46. The fourth-order valence-electron chi connectivity index (χ4n) is 3.70. The number of benzene rings is 1. The van der Waals surface area contributed by atoms with E-state index in [9.17, 15) is 5.11 Å². The van der Waals surface area contributed by atoms with Crippen LogP contribution in [0, 0.1) is 18.3 Å². The van der Waals surface area contributed by atoms with Gasteiger partial charge in [-0.15, -0.1) is 0 Å². The van der Waals surface area contributed by atoms with E-state index in [1.165, 1.54) is 11.1 Å². The van der Waals surface area contributed by atoms with Gasteiger partial charge in [-0.25, -0.2) is 4.99 Å². The third kappa shape index (κ3) is 5.73. The van der Waals surface area contributed by atoms with Gasteiger partial charge in [-0.05, 0) is 61.6 Å². The Morgan fingerprint density at radius 1 is 1.39 bits per heavy atom. The van der Waals surface area contributed by atoms with Gasteiger partial charge in [0.05, 0.1) is 11.3 Å². The van der Waals surface area contributed by atoms with Crippen molar-refractivity contribution in [2.75, 3.05) is 7.05 Å². The first-order valence-corrected chi connectivity index (χ1v) is 10.7. The maximum absolute atomic E-state index is 10.5. The first kappa shape index (κ1) is 24.2. The second kappa shape index (κ2) is 10.8. The summed E-state index contributed by atoms with van der Waals surface area (Å²) in [4.78, 5) is 7.27. The highest BCUT2D eigenvalue weighted by atomic mass is 16.3. The van der Waals surface area contributed by atoms with Crippen molar-refractivity contribution in [1.82, 2.24) is 10.3 Å². The number of hydrogen-bond donors (Lipinski definition) is 5. The Hall–Kier alpha value is -3.12. The lowest BCUT2D eigenvalue weighted by Crippen LogP contribution is -2.29. The Morgan fingerprint density at radius 3 is 2.71 bits per heavy atom. The molecule has 31 heavy (non-hydrogen) atoms. The van der Waals surface area contributed by atoms with E-state index in [1.54, 1.807) is 26.2 Å². The summed E-state index contributed by atoms with van der Waals surface area (Å²) >= 11 is 0. The summed E-state index contributed by atoms with van der Waals surface area (Å²) in [6.45, 7) is 12.2. The summed E-state index contributed by atoms with van der Waals surface area (Å²) in [5.41, 5.74) is 11.3. The second-order valence-corrected chi connectivity index (χ2v) is 7.75. The van der Waals surface area contributed by atoms with Crippen LogP contribution in [0.25, 0.3) is 12.7 Å². The predicted octanol–water partition coefficient (Wildman–Crippen LogP) is 3.03. The van der Waals surface area contributed by atoms with Crippen LogP contribution < -0.4 is 21.6 Å². The monoisotopic (exact) mass is 421 g/mol. The minimum atomic E-state index is -0.167. The zero-order valence-electron chi connectivity index (χ0n) is 19.2. The highest BCUT2D eigenvalue weighted by molar-refractivity contribution is 6.09. The average Bonchev–Trinajstić information content (AvgIpc) is 3.03. The average molecular weight is 422 g/mol. The molecule has 0 aliphatic heterocycles. The summed E-state index contributed by atoms with van der Waals surface area (Å²) in [5, 5.41) is 22.6. The van der Waals surface area contributed by atoms with Crippen LogP contribution in [0.15, 0.2) is 35.5 Å². The van der Waals surface area contributed by atoms with Crippen molar-refractivity contribution >= 4 is 24.2 Å². The number of aromatic hydroxyl groups is 1. The van der Waals surface area contributed by atoms with Gasteiger partial charge in [0.15, 0.2) is 5.88 Å². The fraction of sp³-hybridized carbons (Fsp3) is 0.360. The molecule has 0 aliphatic rings. The van der Waals surface area contributed by atoms with Gasteiger partial charge in [0.2, 0.25) is 0 Å². The van der Waals surface area contributed by atoms with Crippen LogP contribution in [0.4, 0.5) is 0 Å². The molecular weight excluding hydrogens is 386 g/mol. The van der Waals surface area contributed by atoms with Crippen LogP contribution in [0.2, 0.25) is 0 Å². The molecule has 1 aromatic carbocycles. The minimum Gasteiger partial charge on any atom is -0.494 e. The van der Waals surface area contributed by atoms with Crippen molar-refractivity contribution in [3.63, 3.8) is 0 Å². The molecule has 0 amide bonds. The van der Waals surface area contributed by atoms with Crippen molar-refractivity contribution in [3.8, 4) is 5.88 Å². The van der Waals surface area contributed by atoms with Crippen molar-refractivity contribution in [2.45, 2.75) is 46.6 Å². The SMILES string of the molecule is C=c1c(C(C)=NC(=N)/C=C\NC)c(O)[nH]/c1=C/C(CC)C(N)c1cc(CC)ccc1C. The van der Waals surface area contributed by atoms with Crippen LogP contribution in [-0.4, -0.2) is 28.7 Å². The molecule has 2 aromatic rings. The smallest absolute Gasteiger partial charge is 0.198 e. The van der Waals surface area contributed by atoms with Crippen LogP contribution >= 0.6 is 0 Å². The maximum atomic E-state index is 10.5. The van der Waals surface area contributed by atoms with Crippen LogP contribution in [0.5, 0.6) is 5.88 Å². The molecule has 6 heteroatoms. The molecule has 0 saturated carbocycles. The van der Waals surface area contributed by atoms with E-state index >= 15 is 0 Å². The number of hydrogen-bond acceptors (Lipinski definition) is 4. The highest BCUT2D eigenvalue weighted by Crippen LogP contribution is 2.27. The zero-order valence-corrected chi connectivity index (χ0v) is 19.2. The van der Waals surface area contributed by atoms with E-state index in [2.05, 4.69) is 60.8 Å². The van der Waals surface area contributed by atoms with Gasteiger partial charge in [0.25, 0.3) is 0 Å². The number of nitrogens with one attached hydrogen (secondary N) is 3. The summed E-state index contributed by atoms with van der Waals surface area (Å²) < 4.78 is 0. The van der Waals surface area contributed by atoms with E-state index < -0.39 is 0 Å². The normalized spacial score (nSPS) is 14.8. The fourth-order valence-corrected chi connectivity index (χ4v) is 3.70. The molecule has 1 heterocycles. The first-order chi connectivity index (χ1) is 14.7. The van der Waals surface area contributed by atoms with Gasteiger partial charge < -0.3 is 21.1 Å². The molecule has 1 aromatic heterocycles. The molecule has 6 N–H and O–H groups in total. The van der Waals surface area contributed by atoms with Crippen molar-refractivity contribution in [3.05, 3.63) is 63.3 Å². The van der Waals surface area contributed by atoms with Gasteiger partial charge in [0.1, 0.15) is 5.84 Å². The molecule has 6 nitrogen and oxygen atoms in total. The van der Waals surface area contributed by atoms with E-state index in [1.807, 2.05) is 6.08 Å². The van der Waals surface area contributed by atoms with E-state index in [0.717, 1.165) is 23.8 Å². The number of aromatic nitrogens is 1. The van der Waals surface area contributed by atoms with Crippen molar-refractivity contribution < 1.29 is 5.11 Å². The Labute approximate surface area is 184 Å². The molecule has 0 saturated heterocycles. The lowest BCUT2D eigenvalue weighted by Gasteiger charge is -2.22. The molecule has 0 spiro atoms. The first-order valence-electron chi connectivity index (χ1n) is 10.7. The molecule has 0 aliphatic carbocycles. The Bertz CT molecular complexity index is 1090. The molecule has 2 atom stereocenters. The molecule has 166 valence electrons. The number of H-pyrrole nitrogens is 1. The maximum Gasteiger partial charge on any atom is 0.198 e. The van der Waals surface area contributed by atoms with E-state index in [0.29, 0.717) is 16.5 Å². The van der Waals surface area contributed by atoms with Crippen molar-refractivity contribution in [1.29, 1.82) is 5.41 Å². The zero-order chi connectivity index (χ0) is 23.1. The van der Waals surface area contributed by atoms with Gasteiger partial charge in [-0.3, -0.25) is 5.41 Å². The molecule has 2 unspecified atom stereocenters. The van der Waals surface area contributed by atoms with Gasteiger partial charge in [-0.1, -0.05) is 44.7 Å². The number of nitrogens with two attached hydrogens (primary N) is 1. The lowest BCUT2D eigenvalue weighted by atomic mass is 9.87. The molecular formula is C25H35N5O. The standard InChI is InChI=1S/C25H35N5O/c1-7-18-10-9-15(3)20(13-18)24(27)19(8-2)14-21-16(4)23(25(31)30-21)17(5)29-22(26)11-12-28-6/h9-14,19,24,26,28,30-31H,4,7-8,27H2,1-3,5-6H3/b12-11-,21-14+,26-22?,29-17?. The minimum absolute atomic E-state index is 0.00418. The van der Waals surface area contributed by atoms with Crippen molar-refractivity contribution in [2.24, 2.45) is 16.6 Å². The summed E-state index contributed by atoms with van der Waals surface area (Å²) in [6.07, 6.45) is 7.03. The van der Waals surface area contributed by atoms with Gasteiger partial charge in [0, 0.05) is 23.7 Å². The van der Waals surface area contributed by atoms with Crippen LogP contribution in [-0.2, 0) is 6.42 Å². The summed E-state index contributed by atoms with van der Waals surface area (Å²) in [7, 11) is 1.75. The second-order valence-electron chi connectivity index (χ2n) is 7.75. The molecule has 0 radical (unpaired) electrons. The number of aliphatic imine (C=N–C) groups is 1. The largest absolute Gasteiger partial charge is 0.494 e. The molecule has 0 bridgehead atoms. The summed E-state index contributed by atoms with van der Waals surface area (Å²) in [6, 6.07) is 6.30. The quantitative estimate of drug-likeness (QED) is 0.334.